The summed E-state index contributed by atoms with van der Waals surface area (Å²) in [6, 6.07) is 16.3. The van der Waals surface area contributed by atoms with Gasteiger partial charge in [0.25, 0.3) is 0 Å². The van der Waals surface area contributed by atoms with Gasteiger partial charge in [0.2, 0.25) is 15.9 Å². The van der Waals surface area contributed by atoms with Crippen LogP contribution in [0.5, 0.6) is 0 Å². The minimum Gasteiger partial charge on any atom is -0.392 e. The molecule has 0 saturated heterocycles. The Morgan fingerprint density at radius 2 is 1.79 bits per heavy atom. The molecule has 3 aromatic carbocycles. The van der Waals surface area contributed by atoms with Gasteiger partial charge in [-0.1, -0.05) is 61.2 Å². The SMILES string of the molecule is C=C(CO)c1ccc2c(c1)CCC[C@H]2NC(=O)C[C@@H](NS(=O)(=O)c1cccc(C(F)(F)F)c1)c1ccccc1. The molecule has 0 bridgehead atoms. The molecule has 10 heteroatoms. The number of carbonyl (C=O) groups excluding carboxylic acids is 1. The summed E-state index contributed by atoms with van der Waals surface area (Å²) in [4.78, 5) is 12.7. The van der Waals surface area contributed by atoms with Gasteiger partial charge in [0, 0.05) is 6.42 Å². The number of alkyl halides is 3. The highest BCUT2D eigenvalue weighted by molar-refractivity contribution is 7.89. The van der Waals surface area contributed by atoms with Crippen LogP contribution in [0.1, 0.15) is 59.2 Å². The smallest absolute Gasteiger partial charge is 0.392 e. The molecule has 2 atom stereocenters. The molecule has 4 rings (SSSR count). The number of halogens is 3. The average molecular weight is 559 g/mol. The number of fused-ring (bicyclic) bond motifs is 1. The van der Waals surface area contributed by atoms with Gasteiger partial charge in [-0.3, -0.25) is 4.79 Å². The number of carbonyl (C=O) groups is 1. The van der Waals surface area contributed by atoms with Crippen molar-refractivity contribution in [2.24, 2.45) is 0 Å². The van der Waals surface area contributed by atoms with Crippen molar-refractivity contribution < 1.29 is 31.5 Å². The van der Waals surface area contributed by atoms with Crippen LogP contribution in [0.15, 0.2) is 84.3 Å². The summed E-state index contributed by atoms with van der Waals surface area (Å²) in [6.45, 7) is 3.70. The molecule has 0 saturated carbocycles. The Balaban J connectivity index is 1.55. The van der Waals surface area contributed by atoms with E-state index in [1.807, 2.05) is 18.2 Å². The predicted molar refractivity (Wildman–Crippen MR) is 142 cm³/mol. The number of aliphatic hydroxyl groups excluding tert-OH is 1. The molecule has 1 aliphatic rings. The molecule has 0 spiro atoms. The first-order chi connectivity index (χ1) is 18.5. The summed E-state index contributed by atoms with van der Waals surface area (Å²) in [5, 5.41) is 12.4. The lowest BCUT2D eigenvalue weighted by molar-refractivity contribution is -0.137. The van der Waals surface area contributed by atoms with Crippen molar-refractivity contribution in [1.82, 2.24) is 10.0 Å². The monoisotopic (exact) mass is 558 g/mol. The number of amides is 1. The van der Waals surface area contributed by atoms with Crippen LogP contribution in [0, 0.1) is 0 Å². The van der Waals surface area contributed by atoms with Crippen LogP contribution >= 0.6 is 0 Å². The first-order valence-electron chi connectivity index (χ1n) is 12.4. The van der Waals surface area contributed by atoms with Crippen LogP contribution in [0.25, 0.3) is 5.57 Å². The molecular weight excluding hydrogens is 529 g/mol. The largest absolute Gasteiger partial charge is 0.416 e. The van der Waals surface area contributed by atoms with Gasteiger partial charge in [-0.05, 0) is 65.3 Å². The van der Waals surface area contributed by atoms with Gasteiger partial charge in [0.15, 0.2) is 0 Å². The van der Waals surface area contributed by atoms with Crippen LogP contribution in [-0.2, 0) is 27.4 Å². The number of sulfonamides is 1. The van der Waals surface area contributed by atoms with Crippen LogP contribution in [-0.4, -0.2) is 26.0 Å². The van der Waals surface area contributed by atoms with E-state index in [1.54, 1.807) is 30.3 Å². The third-order valence-corrected chi connectivity index (χ3v) is 8.22. The van der Waals surface area contributed by atoms with Crippen molar-refractivity contribution in [2.75, 3.05) is 6.61 Å². The Bertz CT molecular complexity index is 1460. The van der Waals surface area contributed by atoms with Crippen molar-refractivity contribution >= 4 is 21.5 Å². The third-order valence-electron chi connectivity index (χ3n) is 6.75. The highest BCUT2D eigenvalue weighted by Crippen LogP contribution is 2.33. The van der Waals surface area contributed by atoms with Crippen LogP contribution < -0.4 is 10.0 Å². The number of nitrogens with one attached hydrogen (secondary N) is 2. The standard InChI is InChI=1S/C29H29F3N2O4S/c1-19(18-35)21-13-14-25-22(15-21)9-5-12-26(25)33-28(36)17-27(20-7-3-2-4-8-20)34-39(37,38)24-11-6-10-23(16-24)29(30,31)32/h2-4,6-8,10-11,13-16,26-27,34-35H,1,5,9,12,17-18H2,(H,33,36)/t26-,27-/m1/s1. The molecule has 0 fully saturated rings. The molecule has 1 aliphatic carbocycles. The lowest BCUT2D eigenvalue weighted by atomic mass is 9.85. The summed E-state index contributed by atoms with van der Waals surface area (Å²) < 4.78 is 68.2. The third kappa shape index (κ3) is 6.95. The lowest BCUT2D eigenvalue weighted by Gasteiger charge is -2.28. The molecule has 0 radical (unpaired) electrons. The molecular formula is C29H29F3N2O4S. The zero-order valence-corrected chi connectivity index (χ0v) is 21.9. The molecule has 0 heterocycles. The van der Waals surface area contributed by atoms with Gasteiger partial charge in [-0.2, -0.15) is 13.2 Å². The van der Waals surface area contributed by atoms with E-state index >= 15 is 0 Å². The quantitative estimate of drug-likeness (QED) is 0.332. The summed E-state index contributed by atoms with van der Waals surface area (Å²) in [5.41, 5.74) is 2.84. The van der Waals surface area contributed by atoms with Crippen LogP contribution in [0.4, 0.5) is 13.2 Å². The van der Waals surface area contributed by atoms with E-state index in [0.29, 0.717) is 23.6 Å². The second-order valence-electron chi connectivity index (χ2n) is 9.50. The molecule has 0 unspecified atom stereocenters. The fraction of sp³-hybridized carbons (Fsp3) is 0.276. The van der Waals surface area contributed by atoms with E-state index in [1.165, 1.54) is 0 Å². The Hall–Kier alpha value is -3.47. The molecule has 39 heavy (non-hydrogen) atoms. The molecule has 206 valence electrons. The Kier molecular flexibility index (Phi) is 8.58. The van der Waals surface area contributed by atoms with E-state index in [9.17, 15) is 31.5 Å². The molecule has 0 aromatic heterocycles. The van der Waals surface area contributed by atoms with Gasteiger partial charge in [-0.15, -0.1) is 0 Å². The predicted octanol–water partition coefficient (Wildman–Crippen LogP) is 5.31. The minimum atomic E-state index is -4.70. The summed E-state index contributed by atoms with van der Waals surface area (Å²) >= 11 is 0. The molecule has 0 aliphatic heterocycles. The highest BCUT2D eigenvalue weighted by atomic mass is 32.2. The number of aliphatic hydroxyl groups is 1. The average Bonchev–Trinajstić information content (AvgIpc) is 2.92. The van der Waals surface area contributed by atoms with E-state index in [-0.39, 0.29) is 19.1 Å². The maximum atomic E-state index is 13.2. The van der Waals surface area contributed by atoms with Crippen molar-refractivity contribution in [1.29, 1.82) is 0 Å². The number of hydrogen-bond acceptors (Lipinski definition) is 4. The Morgan fingerprint density at radius 3 is 2.49 bits per heavy atom. The number of rotatable bonds is 9. The molecule has 6 nitrogen and oxygen atoms in total. The Morgan fingerprint density at radius 1 is 1.05 bits per heavy atom. The second kappa shape index (κ2) is 11.7. The minimum absolute atomic E-state index is 0.157. The van der Waals surface area contributed by atoms with Crippen molar-refractivity contribution in [2.45, 2.75) is 48.8 Å². The van der Waals surface area contributed by atoms with Crippen LogP contribution in [0.3, 0.4) is 0 Å². The summed E-state index contributed by atoms with van der Waals surface area (Å²) in [5.74, 6) is -0.405. The molecule has 3 aromatic rings. The van der Waals surface area contributed by atoms with Crippen molar-refractivity contribution in [3.8, 4) is 0 Å². The number of aryl methyl sites for hydroxylation is 1. The van der Waals surface area contributed by atoms with Gasteiger partial charge in [0.05, 0.1) is 29.1 Å². The van der Waals surface area contributed by atoms with Gasteiger partial charge < -0.3 is 10.4 Å². The first-order valence-corrected chi connectivity index (χ1v) is 13.9. The van der Waals surface area contributed by atoms with E-state index < -0.39 is 38.6 Å². The van der Waals surface area contributed by atoms with Crippen molar-refractivity contribution in [3.63, 3.8) is 0 Å². The van der Waals surface area contributed by atoms with E-state index in [0.717, 1.165) is 47.7 Å². The topological polar surface area (TPSA) is 95.5 Å². The fourth-order valence-corrected chi connectivity index (χ4v) is 5.99. The maximum absolute atomic E-state index is 13.2. The zero-order valence-electron chi connectivity index (χ0n) is 21.0. The van der Waals surface area contributed by atoms with Gasteiger partial charge in [-0.25, -0.2) is 13.1 Å². The normalized spacial score (nSPS) is 16.3. The van der Waals surface area contributed by atoms with Gasteiger partial charge in [0.1, 0.15) is 0 Å². The van der Waals surface area contributed by atoms with Crippen LogP contribution in [0.2, 0.25) is 0 Å². The second-order valence-corrected chi connectivity index (χ2v) is 11.2. The number of benzene rings is 3. The molecule has 3 N–H and O–H groups in total. The number of hydrogen-bond donors (Lipinski definition) is 3. The zero-order chi connectivity index (χ0) is 28.2. The van der Waals surface area contributed by atoms with Crippen molar-refractivity contribution in [3.05, 3.63) is 107 Å². The first kappa shape index (κ1) is 28.5. The van der Waals surface area contributed by atoms with E-state index in [4.69, 9.17) is 0 Å². The lowest BCUT2D eigenvalue weighted by Crippen LogP contribution is -2.36. The fourth-order valence-electron chi connectivity index (χ4n) is 4.72. The maximum Gasteiger partial charge on any atom is 0.416 e. The summed E-state index contributed by atoms with van der Waals surface area (Å²) in [6.07, 6.45) is -2.61. The van der Waals surface area contributed by atoms with Gasteiger partial charge >= 0.3 is 6.18 Å². The summed E-state index contributed by atoms with van der Waals surface area (Å²) in [7, 11) is -4.39. The van der Waals surface area contributed by atoms with E-state index in [2.05, 4.69) is 16.6 Å². The highest BCUT2D eigenvalue weighted by Gasteiger charge is 2.32. The molecule has 1 amide bonds. The Labute approximate surface area is 225 Å².